The van der Waals surface area contributed by atoms with Crippen LogP contribution in [0.1, 0.15) is 12.5 Å². The Kier molecular flexibility index (Phi) is 3.60. The molecule has 90 valence electrons. The van der Waals surface area contributed by atoms with Gasteiger partial charge >= 0.3 is 5.69 Å². The van der Waals surface area contributed by atoms with E-state index in [1.165, 1.54) is 11.8 Å². The van der Waals surface area contributed by atoms with Gasteiger partial charge in [0.2, 0.25) is 0 Å². The van der Waals surface area contributed by atoms with Gasteiger partial charge in [0.25, 0.3) is 0 Å². The lowest BCUT2D eigenvalue weighted by Crippen LogP contribution is -2.16. The van der Waals surface area contributed by atoms with E-state index in [-0.39, 0.29) is 5.69 Å². The van der Waals surface area contributed by atoms with Gasteiger partial charge in [0, 0.05) is 19.3 Å². The first-order valence-electron chi connectivity index (χ1n) is 5.23. The van der Waals surface area contributed by atoms with E-state index in [4.69, 9.17) is 5.73 Å². The van der Waals surface area contributed by atoms with E-state index in [0.717, 1.165) is 10.6 Å². The monoisotopic (exact) mass is 251 g/mol. The third-order valence-corrected chi connectivity index (χ3v) is 3.35. The number of aromatic amines is 1. The smallest absolute Gasteiger partial charge is 0.326 e. The Morgan fingerprint density at radius 3 is 3.12 bits per heavy atom. The normalized spacial score (nSPS) is 10.7. The third-order valence-electron chi connectivity index (χ3n) is 2.30. The summed E-state index contributed by atoms with van der Waals surface area (Å²) in [5.74, 6) is 0. The molecule has 0 spiro atoms. The topological polar surface area (TPSA) is 89.6 Å². The maximum Gasteiger partial charge on any atom is 0.343 e. The molecule has 2 rings (SSSR count). The van der Waals surface area contributed by atoms with Crippen LogP contribution in [0.25, 0.3) is 0 Å². The number of hydrogen-bond donors (Lipinski definition) is 2. The fourth-order valence-electron chi connectivity index (χ4n) is 1.42. The lowest BCUT2D eigenvalue weighted by atomic mass is 10.3. The number of nitrogens with two attached hydrogens (primary N) is 1. The highest BCUT2D eigenvalue weighted by Gasteiger charge is 2.11. The van der Waals surface area contributed by atoms with Crippen molar-refractivity contribution in [1.82, 2.24) is 19.7 Å². The first-order chi connectivity index (χ1) is 8.26. The largest absolute Gasteiger partial charge is 0.343 e. The van der Waals surface area contributed by atoms with Gasteiger partial charge in [0.1, 0.15) is 5.03 Å². The number of H-pyrrole nitrogens is 1. The summed E-state index contributed by atoms with van der Waals surface area (Å²) in [5, 5.41) is 7.77. The van der Waals surface area contributed by atoms with Gasteiger partial charge in [-0.25, -0.2) is 14.9 Å². The molecule has 0 aliphatic heterocycles. The highest BCUT2D eigenvalue weighted by Crippen LogP contribution is 2.25. The summed E-state index contributed by atoms with van der Waals surface area (Å²) in [6.07, 6.45) is 1.70. The average Bonchev–Trinajstić information content (AvgIpc) is 2.70. The second-order valence-corrected chi connectivity index (χ2v) is 4.29. The summed E-state index contributed by atoms with van der Waals surface area (Å²) in [4.78, 5) is 15.6. The van der Waals surface area contributed by atoms with E-state index >= 15 is 0 Å². The molecule has 0 amide bonds. The van der Waals surface area contributed by atoms with Crippen molar-refractivity contribution in [3.05, 3.63) is 34.4 Å². The van der Waals surface area contributed by atoms with E-state index in [1.54, 1.807) is 10.8 Å². The highest BCUT2D eigenvalue weighted by atomic mass is 32.2. The second-order valence-electron chi connectivity index (χ2n) is 3.33. The summed E-state index contributed by atoms with van der Waals surface area (Å²) >= 11 is 1.34. The zero-order valence-electron chi connectivity index (χ0n) is 9.38. The molecule has 0 radical (unpaired) electrons. The van der Waals surface area contributed by atoms with Crippen molar-refractivity contribution in [2.75, 3.05) is 0 Å². The molecule has 0 aliphatic carbocycles. The maximum absolute atomic E-state index is 11.4. The highest BCUT2D eigenvalue weighted by molar-refractivity contribution is 7.99. The van der Waals surface area contributed by atoms with Gasteiger partial charge in [-0.1, -0.05) is 6.07 Å². The van der Waals surface area contributed by atoms with Crippen LogP contribution in [-0.2, 0) is 13.1 Å². The van der Waals surface area contributed by atoms with Gasteiger partial charge in [0.05, 0.1) is 0 Å². The zero-order chi connectivity index (χ0) is 12.3. The molecule has 0 atom stereocenters. The Bertz CT molecular complexity index is 562. The van der Waals surface area contributed by atoms with E-state index in [2.05, 4.69) is 15.2 Å². The van der Waals surface area contributed by atoms with Crippen LogP contribution >= 0.6 is 11.8 Å². The summed E-state index contributed by atoms with van der Waals surface area (Å²) < 4.78 is 1.56. The zero-order valence-corrected chi connectivity index (χ0v) is 10.2. The summed E-state index contributed by atoms with van der Waals surface area (Å²) in [5.41, 5.74) is 6.36. The van der Waals surface area contributed by atoms with E-state index < -0.39 is 0 Å². The van der Waals surface area contributed by atoms with E-state index in [9.17, 15) is 4.79 Å². The first-order valence-corrected chi connectivity index (χ1v) is 6.05. The molecule has 0 unspecified atom stereocenters. The van der Waals surface area contributed by atoms with E-state index in [1.807, 2.05) is 19.1 Å². The predicted octanol–water partition coefficient (Wildman–Crippen LogP) is 0.596. The molecule has 0 saturated heterocycles. The van der Waals surface area contributed by atoms with Crippen molar-refractivity contribution in [2.45, 2.75) is 30.2 Å². The number of pyridine rings is 1. The van der Waals surface area contributed by atoms with Crippen molar-refractivity contribution in [3.8, 4) is 0 Å². The average molecular weight is 251 g/mol. The molecule has 2 heterocycles. The first kappa shape index (κ1) is 11.9. The Morgan fingerprint density at radius 2 is 2.41 bits per heavy atom. The molecule has 17 heavy (non-hydrogen) atoms. The SMILES string of the molecule is CCn1c(Sc2ncccc2CN)n[nH]c1=O. The summed E-state index contributed by atoms with van der Waals surface area (Å²) in [7, 11) is 0. The summed E-state index contributed by atoms with van der Waals surface area (Å²) in [6.45, 7) is 2.88. The van der Waals surface area contributed by atoms with Gasteiger partial charge in [-0.2, -0.15) is 0 Å². The van der Waals surface area contributed by atoms with Crippen LogP contribution in [0.2, 0.25) is 0 Å². The van der Waals surface area contributed by atoms with Crippen molar-refractivity contribution in [1.29, 1.82) is 0 Å². The molecule has 2 aromatic rings. The molecule has 0 fully saturated rings. The number of aromatic nitrogens is 4. The number of hydrogen-bond acceptors (Lipinski definition) is 5. The second kappa shape index (κ2) is 5.15. The van der Waals surface area contributed by atoms with Crippen LogP contribution in [0.15, 0.2) is 33.3 Å². The molecular weight excluding hydrogens is 238 g/mol. The lowest BCUT2D eigenvalue weighted by Gasteiger charge is -2.05. The standard InChI is InChI=1S/C10H13N5OS/c1-2-15-9(16)13-14-10(15)17-8-7(6-11)4-3-5-12-8/h3-5H,2,6,11H2,1H3,(H,13,16). The van der Waals surface area contributed by atoms with Crippen molar-refractivity contribution in [3.63, 3.8) is 0 Å². The molecular formula is C10H13N5OS. The molecule has 7 heteroatoms. The Labute approximate surface area is 102 Å². The Hall–Kier alpha value is -1.60. The molecule has 3 N–H and O–H groups in total. The Balaban J connectivity index is 2.34. The van der Waals surface area contributed by atoms with Gasteiger partial charge in [-0.3, -0.25) is 4.57 Å². The number of nitrogens with one attached hydrogen (secondary N) is 1. The van der Waals surface area contributed by atoms with Crippen molar-refractivity contribution < 1.29 is 0 Å². The van der Waals surface area contributed by atoms with Crippen molar-refractivity contribution >= 4 is 11.8 Å². The number of rotatable bonds is 4. The van der Waals surface area contributed by atoms with E-state index in [0.29, 0.717) is 18.2 Å². The predicted molar refractivity (Wildman–Crippen MR) is 64.8 cm³/mol. The third kappa shape index (κ3) is 2.40. The Morgan fingerprint density at radius 1 is 1.59 bits per heavy atom. The van der Waals surface area contributed by atoms with Crippen molar-refractivity contribution in [2.24, 2.45) is 5.73 Å². The fourth-order valence-corrected chi connectivity index (χ4v) is 2.40. The van der Waals surface area contributed by atoms with Gasteiger partial charge in [-0.15, -0.1) is 5.10 Å². The molecule has 0 bridgehead atoms. The summed E-state index contributed by atoms with van der Waals surface area (Å²) in [6, 6.07) is 3.75. The van der Waals surface area contributed by atoms with Crippen LogP contribution in [0.3, 0.4) is 0 Å². The minimum Gasteiger partial charge on any atom is -0.326 e. The molecule has 6 nitrogen and oxygen atoms in total. The van der Waals surface area contributed by atoms with Crippen LogP contribution in [0.4, 0.5) is 0 Å². The van der Waals surface area contributed by atoms with Gasteiger partial charge in [-0.05, 0) is 30.3 Å². The van der Waals surface area contributed by atoms with Crippen LogP contribution in [0, 0.1) is 0 Å². The van der Waals surface area contributed by atoms with Crippen LogP contribution < -0.4 is 11.4 Å². The number of nitrogens with zero attached hydrogens (tertiary/aromatic N) is 3. The quantitative estimate of drug-likeness (QED) is 0.830. The van der Waals surface area contributed by atoms with Crippen LogP contribution in [-0.4, -0.2) is 19.7 Å². The molecule has 0 aliphatic rings. The van der Waals surface area contributed by atoms with Crippen LogP contribution in [0.5, 0.6) is 0 Å². The molecule has 0 saturated carbocycles. The minimum atomic E-state index is -0.208. The minimum absolute atomic E-state index is 0.208. The maximum atomic E-state index is 11.4. The molecule has 2 aromatic heterocycles. The lowest BCUT2D eigenvalue weighted by molar-refractivity contribution is 0.660. The van der Waals surface area contributed by atoms with Gasteiger partial charge < -0.3 is 5.73 Å². The molecule has 0 aromatic carbocycles. The fraction of sp³-hybridized carbons (Fsp3) is 0.300. The van der Waals surface area contributed by atoms with Gasteiger partial charge in [0.15, 0.2) is 5.16 Å².